The lowest BCUT2D eigenvalue weighted by Crippen LogP contribution is -2.34. The zero-order chi connectivity index (χ0) is 14.7. The molecule has 2 nitrogen and oxygen atoms in total. The molecule has 0 aromatic heterocycles. The van der Waals surface area contributed by atoms with Crippen LogP contribution in [-0.2, 0) is 6.54 Å². The van der Waals surface area contributed by atoms with Gasteiger partial charge in [0.05, 0.1) is 5.02 Å². The van der Waals surface area contributed by atoms with E-state index in [2.05, 4.69) is 22.8 Å². The van der Waals surface area contributed by atoms with E-state index in [9.17, 15) is 4.39 Å². The number of benzene rings is 2. The van der Waals surface area contributed by atoms with Crippen LogP contribution in [0.25, 0.3) is 0 Å². The molecule has 1 aliphatic rings. The van der Waals surface area contributed by atoms with Crippen molar-refractivity contribution in [2.75, 3.05) is 13.1 Å². The Morgan fingerprint density at radius 1 is 1.14 bits per heavy atom. The molecular weight excluding hydrogens is 287 g/mol. The van der Waals surface area contributed by atoms with Crippen molar-refractivity contribution < 1.29 is 4.39 Å². The van der Waals surface area contributed by atoms with E-state index in [0.29, 0.717) is 6.04 Å². The van der Waals surface area contributed by atoms with Crippen molar-refractivity contribution in [2.24, 2.45) is 0 Å². The number of hydrogen-bond acceptors (Lipinski definition) is 2. The molecule has 1 aliphatic heterocycles. The first-order valence-electron chi connectivity index (χ1n) is 7.17. The first-order chi connectivity index (χ1) is 10.2. The molecular formula is C17H18ClFN2. The molecule has 0 bridgehead atoms. The molecule has 1 heterocycles. The third-order valence-electron chi connectivity index (χ3n) is 4.00. The Morgan fingerprint density at radius 3 is 2.71 bits per heavy atom. The van der Waals surface area contributed by atoms with E-state index in [1.165, 1.54) is 5.56 Å². The topological polar surface area (TPSA) is 24.1 Å². The Balaban J connectivity index is 1.69. The van der Waals surface area contributed by atoms with Crippen molar-refractivity contribution in [2.45, 2.75) is 18.5 Å². The highest BCUT2D eigenvalue weighted by molar-refractivity contribution is 6.30. The summed E-state index contributed by atoms with van der Waals surface area (Å²) in [7, 11) is 0. The van der Waals surface area contributed by atoms with Gasteiger partial charge in [0.1, 0.15) is 5.82 Å². The smallest absolute Gasteiger partial charge is 0.142 e. The zero-order valence-electron chi connectivity index (χ0n) is 11.7. The summed E-state index contributed by atoms with van der Waals surface area (Å²) in [5.74, 6) is -0.0802. The predicted molar refractivity (Wildman–Crippen MR) is 84.1 cm³/mol. The standard InChI is InChI=1S/C17H18ClFN2/c18-15-7-6-13(8-16(15)19)14-10-20-11-17(14)21-9-12-4-2-1-3-5-12/h1-8,14,17,20-21H,9-11H2. The maximum absolute atomic E-state index is 13.6. The quantitative estimate of drug-likeness (QED) is 0.905. The first kappa shape index (κ1) is 14.5. The summed E-state index contributed by atoms with van der Waals surface area (Å²) in [6, 6.07) is 15.7. The summed E-state index contributed by atoms with van der Waals surface area (Å²) >= 11 is 5.76. The molecule has 0 aliphatic carbocycles. The maximum Gasteiger partial charge on any atom is 0.142 e. The van der Waals surface area contributed by atoms with E-state index < -0.39 is 0 Å². The normalized spacial score (nSPS) is 21.6. The largest absolute Gasteiger partial charge is 0.314 e. The SMILES string of the molecule is Fc1cc(C2CNCC2NCc2ccccc2)ccc1Cl. The second kappa shape index (κ2) is 6.56. The van der Waals surface area contributed by atoms with Gasteiger partial charge in [-0.1, -0.05) is 48.0 Å². The van der Waals surface area contributed by atoms with E-state index in [-0.39, 0.29) is 16.8 Å². The van der Waals surface area contributed by atoms with E-state index in [4.69, 9.17) is 11.6 Å². The Kier molecular flexibility index (Phi) is 4.54. The molecule has 4 heteroatoms. The zero-order valence-corrected chi connectivity index (χ0v) is 12.4. The maximum atomic E-state index is 13.6. The van der Waals surface area contributed by atoms with Crippen molar-refractivity contribution in [3.8, 4) is 0 Å². The van der Waals surface area contributed by atoms with E-state index in [1.807, 2.05) is 24.3 Å². The van der Waals surface area contributed by atoms with Crippen LogP contribution in [0, 0.1) is 5.82 Å². The summed E-state index contributed by atoms with van der Waals surface area (Å²) in [6.45, 7) is 2.56. The van der Waals surface area contributed by atoms with Crippen molar-refractivity contribution in [3.63, 3.8) is 0 Å². The third kappa shape index (κ3) is 3.43. The van der Waals surface area contributed by atoms with Gasteiger partial charge in [0, 0.05) is 31.6 Å². The van der Waals surface area contributed by atoms with Crippen molar-refractivity contribution >= 4 is 11.6 Å². The Hall–Kier alpha value is -1.42. The van der Waals surface area contributed by atoms with Crippen LogP contribution in [0.3, 0.4) is 0 Å². The van der Waals surface area contributed by atoms with Crippen LogP contribution in [-0.4, -0.2) is 19.1 Å². The van der Waals surface area contributed by atoms with Crippen molar-refractivity contribution in [3.05, 3.63) is 70.5 Å². The second-order valence-electron chi connectivity index (χ2n) is 5.41. The van der Waals surface area contributed by atoms with Crippen LogP contribution in [0.15, 0.2) is 48.5 Å². The molecule has 2 N–H and O–H groups in total. The first-order valence-corrected chi connectivity index (χ1v) is 7.55. The summed E-state index contributed by atoms with van der Waals surface area (Å²) < 4.78 is 13.6. The molecule has 110 valence electrons. The molecule has 2 aromatic rings. The molecule has 2 aromatic carbocycles. The number of halogens is 2. The summed E-state index contributed by atoms with van der Waals surface area (Å²) in [4.78, 5) is 0. The minimum Gasteiger partial charge on any atom is -0.314 e. The summed E-state index contributed by atoms with van der Waals surface area (Å²) in [6.07, 6.45) is 0. The Morgan fingerprint density at radius 2 is 1.95 bits per heavy atom. The monoisotopic (exact) mass is 304 g/mol. The van der Waals surface area contributed by atoms with Gasteiger partial charge in [-0.3, -0.25) is 0 Å². The third-order valence-corrected chi connectivity index (χ3v) is 4.30. The van der Waals surface area contributed by atoms with E-state index in [1.54, 1.807) is 12.1 Å². The fourth-order valence-corrected chi connectivity index (χ4v) is 2.95. The fraction of sp³-hybridized carbons (Fsp3) is 0.294. The summed E-state index contributed by atoms with van der Waals surface area (Å²) in [5.41, 5.74) is 2.25. The van der Waals surface area contributed by atoms with Crippen LogP contribution < -0.4 is 10.6 Å². The van der Waals surface area contributed by atoms with Crippen LogP contribution in [0.5, 0.6) is 0 Å². The average Bonchev–Trinajstić information content (AvgIpc) is 2.97. The second-order valence-corrected chi connectivity index (χ2v) is 5.82. The minimum absolute atomic E-state index is 0.179. The van der Waals surface area contributed by atoms with Gasteiger partial charge in [-0.25, -0.2) is 4.39 Å². The van der Waals surface area contributed by atoms with Gasteiger partial charge in [-0.05, 0) is 23.3 Å². The van der Waals surface area contributed by atoms with Crippen LogP contribution in [0.4, 0.5) is 4.39 Å². The van der Waals surface area contributed by atoms with Gasteiger partial charge in [0.25, 0.3) is 0 Å². The van der Waals surface area contributed by atoms with Gasteiger partial charge in [-0.2, -0.15) is 0 Å². The molecule has 1 fully saturated rings. The average molecular weight is 305 g/mol. The molecule has 0 saturated carbocycles. The number of rotatable bonds is 4. The minimum atomic E-state index is -0.345. The van der Waals surface area contributed by atoms with Gasteiger partial charge in [0.15, 0.2) is 0 Å². The molecule has 0 radical (unpaired) electrons. The Bertz CT molecular complexity index is 603. The highest BCUT2D eigenvalue weighted by Gasteiger charge is 2.28. The predicted octanol–water partition coefficient (Wildman–Crippen LogP) is 3.32. The molecule has 0 amide bonds. The highest BCUT2D eigenvalue weighted by atomic mass is 35.5. The Labute approximate surface area is 129 Å². The van der Waals surface area contributed by atoms with E-state index in [0.717, 1.165) is 25.2 Å². The highest BCUT2D eigenvalue weighted by Crippen LogP contribution is 2.26. The lowest BCUT2D eigenvalue weighted by atomic mass is 9.94. The molecule has 3 rings (SSSR count). The van der Waals surface area contributed by atoms with Crippen LogP contribution >= 0.6 is 11.6 Å². The van der Waals surface area contributed by atoms with E-state index >= 15 is 0 Å². The molecule has 2 unspecified atom stereocenters. The van der Waals surface area contributed by atoms with Gasteiger partial charge < -0.3 is 10.6 Å². The molecule has 21 heavy (non-hydrogen) atoms. The number of hydrogen-bond donors (Lipinski definition) is 2. The molecule has 0 spiro atoms. The van der Waals surface area contributed by atoms with Gasteiger partial charge in [-0.15, -0.1) is 0 Å². The van der Waals surface area contributed by atoms with Gasteiger partial charge in [0.2, 0.25) is 0 Å². The van der Waals surface area contributed by atoms with Gasteiger partial charge >= 0.3 is 0 Å². The summed E-state index contributed by atoms with van der Waals surface area (Å²) in [5, 5.41) is 7.12. The molecule has 2 atom stereocenters. The fourth-order valence-electron chi connectivity index (χ4n) is 2.83. The lowest BCUT2D eigenvalue weighted by molar-refractivity contribution is 0.501. The number of nitrogens with one attached hydrogen (secondary N) is 2. The van der Waals surface area contributed by atoms with Crippen LogP contribution in [0.1, 0.15) is 17.0 Å². The van der Waals surface area contributed by atoms with Crippen molar-refractivity contribution in [1.82, 2.24) is 10.6 Å². The lowest BCUT2D eigenvalue weighted by Gasteiger charge is -2.20. The van der Waals surface area contributed by atoms with Crippen molar-refractivity contribution in [1.29, 1.82) is 0 Å². The van der Waals surface area contributed by atoms with Crippen LogP contribution in [0.2, 0.25) is 5.02 Å². The molecule has 1 saturated heterocycles.